The molecule has 4 rings (SSSR count). The van der Waals surface area contributed by atoms with E-state index in [2.05, 4.69) is 0 Å². The lowest BCUT2D eigenvalue weighted by Gasteiger charge is -2.12. The van der Waals surface area contributed by atoms with Crippen LogP contribution in [0.2, 0.25) is 0 Å². The van der Waals surface area contributed by atoms with E-state index >= 15 is 0 Å². The van der Waals surface area contributed by atoms with Gasteiger partial charge in [0.05, 0.1) is 38.0 Å². The van der Waals surface area contributed by atoms with E-state index in [1.807, 2.05) is 0 Å². The Labute approximate surface area is 224 Å². The van der Waals surface area contributed by atoms with Crippen molar-refractivity contribution in [2.75, 3.05) is 21.3 Å². The SMILES string of the molecule is COc1ccc(C(=O)Oc2cc(OC(=O)c3ccc(OC)cc3)cc(OC(=O)c3ccc(OC)cc3)c2)cc1. The minimum absolute atomic E-state index is 0.00613. The zero-order valence-electron chi connectivity index (χ0n) is 21.3. The summed E-state index contributed by atoms with van der Waals surface area (Å²) in [4.78, 5) is 38.2. The predicted molar refractivity (Wildman–Crippen MR) is 140 cm³/mol. The number of carbonyl (C=O) groups excluding carboxylic acids is 3. The standard InChI is InChI=1S/C30H24O9/c1-34-22-10-4-19(5-11-22)28(31)37-25-16-26(38-29(32)20-6-12-23(35-2)13-7-20)18-27(17-25)39-30(33)21-8-14-24(36-3)15-9-21/h4-18H,1-3H3. The maximum Gasteiger partial charge on any atom is 0.343 e. The third kappa shape index (κ3) is 6.92. The maximum atomic E-state index is 12.7. The number of esters is 3. The number of hydrogen-bond donors (Lipinski definition) is 0. The van der Waals surface area contributed by atoms with E-state index in [1.54, 1.807) is 72.8 Å². The average Bonchev–Trinajstić information content (AvgIpc) is 2.97. The summed E-state index contributed by atoms with van der Waals surface area (Å²) in [6.45, 7) is 0. The van der Waals surface area contributed by atoms with Crippen molar-refractivity contribution in [3.05, 3.63) is 108 Å². The first kappa shape index (κ1) is 26.7. The van der Waals surface area contributed by atoms with Gasteiger partial charge < -0.3 is 28.4 Å². The van der Waals surface area contributed by atoms with Crippen molar-refractivity contribution in [2.24, 2.45) is 0 Å². The highest BCUT2D eigenvalue weighted by molar-refractivity contribution is 5.93. The molecule has 0 spiro atoms. The van der Waals surface area contributed by atoms with Crippen LogP contribution in [0, 0.1) is 0 Å². The van der Waals surface area contributed by atoms with Crippen LogP contribution in [0.5, 0.6) is 34.5 Å². The van der Waals surface area contributed by atoms with Crippen LogP contribution >= 0.6 is 0 Å². The van der Waals surface area contributed by atoms with E-state index in [0.29, 0.717) is 17.2 Å². The van der Waals surface area contributed by atoms with Gasteiger partial charge in [0.2, 0.25) is 0 Å². The van der Waals surface area contributed by atoms with Crippen molar-refractivity contribution in [3.8, 4) is 34.5 Å². The normalized spacial score (nSPS) is 10.2. The number of ether oxygens (including phenoxy) is 6. The monoisotopic (exact) mass is 528 g/mol. The van der Waals surface area contributed by atoms with Crippen molar-refractivity contribution in [2.45, 2.75) is 0 Å². The first-order valence-corrected chi connectivity index (χ1v) is 11.6. The van der Waals surface area contributed by atoms with Gasteiger partial charge in [0, 0.05) is 18.2 Å². The van der Waals surface area contributed by atoms with Gasteiger partial charge in [-0.15, -0.1) is 0 Å². The van der Waals surface area contributed by atoms with Gasteiger partial charge in [0.1, 0.15) is 34.5 Å². The maximum absolute atomic E-state index is 12.7. The molecule has 0 unspecified atom stereocenters. The van der Waals surface area contributed by atoms with Crippen LogP contribution in [0.4, 0.5) is 0 Å². The zero-order chi connectivity index (χ0) is 27.8. The molecule has 0 radical (unpaired) electrons. The molecule has 0 aromatic heterocycles. The second-order valence-electron chi connectivity index (χ2n) is 7.99. The Morgan fingerprint density at radius 3 is 0.821 bits per heavy atom. The van der Waals surface area contributed by atoms with Crippen LogP contribution in [0.3, 0.4) is 0 Å². The molecule has 9 nitrogen and oxygen atoms in total. The average molecular weight is 529 g/mol. The van der Waals surface area contributed by atoms with E-state index < -0.39 is 17.9 Å². The fourth-order valence-electron chi connectivity index (χ4n) is 3.40. The van der Waals surface area contributed by atoms with E-state index in [9.17, 15) is 14.4 Å². The van der Waals surface area contributed by atoms with Gasteiger partial charge >= 0.3 is 17.9 Å². The summed E-state index contributed by atoms with van der Waals surface area (Å²) in [5.74, 6) is -0.323. The predicted octanol–water partition coefficient (Wildman–Crippen LogP) is 5.37. The van der Waals surface area contributed by atoms with Gasteiger partial charge in [-0.1, -0.05) is 0 Å². The van der Waals surface area contributed by atoms with Gasteiger partial charge in [-0.05, 0) is 72.8 Å². The van der Waals surface area contributed by atoms with E-state index in [1.165, 1.54) is 39.5 Å². The second kappa shape index (κ2) is 12.3. The first-order valence-electron chi connectivity index (χ1n) is 11.6. The highest BCUT2D eigenvalue weighted by Gasteiger charge is 2.17. The number of methoxy groups -OCH3 is 3. The molecule has 0 aliphatic heterocycles. The minimum atomic E-state index is -0.677. The molecule has 198 valence electrons. The van der Waals surface area contributed by atoms with Gasteiger partial charge in [0.15, 0.2) is 0 Å². The van der Waals surface area contributed by atoms with Crippen molar-refractivity contribution in [3.63, 3.8) is 0 Å². The summed E-state index contributed by atoms with van der Waals surface area (Å²) >= 11 is 0. The van der Waals surface area contributed by atoms with E-state index in [-0.39, 0.29) is 33.9 Å². The quantitative estimate of drug-likeness (QED) is 0.209. The van der Waals surface area contributed by atoms with Crippen molar-refractivity contribution >= 4 is 17.9 Å². The van der Waals surface area contributed by atoms with Crippen LogP contribution in [0.25, 0.3) is 0 Å². The summed E-state index contributed by atoms with van der Waals surface area (Å²) in [5.41, 5.74) is 0.773. The molecular formula is C30H24O9. The molecule has 0 fully saturated rings. The van der Waals surface area contributed by atoms with E-state index in [4.69, 9.17) is 28.4 Å². The lowest BCUT2D eigenvalue weighted by molar-refractivity contribution is 0.0730. The number of benzene rings is 4. The lowest BCUT2D eigenvalue weighted by atomic mass is 10.2. The highest BCUT2D eigenvalue weighted by Crippen LogP contribution is 2.30. The summed E-state index contributed by atoms with van der Waals surface area (Å²) in [6.07, 6.45) is 0. The molecule has 0 saturated carbocycles. The Hall–Kier alpha value is -5.31. The van der Waals surface area contributed by atoms with Crippen LogP contribution < -0.4 is 28.4 Å². The first-order chi connectivity index (χ1) is 18.9. The smallest absolute Gasteiger partial charge is 0.343 e. The zero-order valence-corrected chi connectivity index (χ0v) is 21.3. The Bertz CT molecular complexity index is 1270. The molecule has 4 aromatic carbocycles. The molecule has 9 heteroatoms. The summed E-state index contributed by atoms with van der Waals surface area (Å²) in [7, 11) is 4.54. The largest absolute Gasteiger partial charge is 0.497 e. The van der Waals surface area contributed by atoms with Crippen molar-refractivity contribution in [1.82, 2.24) is 0 Å². The van der Waals surface area contributed by atoms with Crippen molar-refractivity contribution in [1.29, 1.82) is 0 Å². The van der Waals surface area contributed by atoms with Crippen LogP contribution in [-0.2, 0) is 0 Å². The van der Waals surface area contributed by atoms with Gasteiger partial charge in [0.25, 0.3) is 0 Å². The topological polar surface area (TPSA) is 107 Å². The van der Waals surface area contributed by atoms with Crippen molar-refractivity contribution < 1.29 is 42.8 Å². The molecule has 0 N–H and O–H groups in total. The molecule has 0 heterocycles. The molecule has 0 aliphatic carbocycles. The lowest BCUT2D eigenvalue weighted by Crippen LogP contribution is -2.12. The Kier molecular flexibility index (Phi) is 8.43. The van der Waals surface area contributed by atoms with E-state index in [0.717, 1.165) is 0 Å². The minimum Gasteiger partial charge on any atom is -0.497 e. The molecule has 0 amide bonds. The Morgan fingerprint density at radius 1 is 0.385 bits per heavy atom. The fourth-order valence-corrected chi connectivity index (χ4v) is 3.40. The molecule has 0 atom stereocenters. The number of rotatable bonds is 9. The van der Waals surface area contributed by atoms with Gasteiger partial charge in [-0.25, -0.2) is 14.4 Å². The Morgan fingerprint density at radius 2 is 0.615 bits per heavy atom. The number of hydrogen-bond acceptors (Lipinski definition) is 9. The van der Waals surface area contributed by atoms with Crippen LogP contribution in [0.1, 0.15) is 31.1 Å². The second-order valence-corrected chi connectivity index (χ2v) is 7.99. The molecular weight excluding hydrogens is 504 g/mol. The fraction of sp³-hybridized carbons (Fsp3) is 0.100. The molecule has 0 saturated heterocycles. The van der Waals surface area contributed by atoms with Crippen LogP contribution in [0.15, 0.2) is 91.0 Å². The molecule has 0 bridgehead atoms. The molecule has 4 aromatic rings. The highest BCUT2D eigenvalue weighted by atomic mass is 16.6. The summed E-state index contributed by atoms with van der Waals surface area (Å²) in [5, 5.41) is 0. The molecule has 0 aliphatic rings. The Balaban J connectivity index is 1.59. The third-order valence-corrected chi connectivity index (χ3v) is 5.46. The van der Waals surface area contributed by atoms with Gasteiger partial charge in [-0.2, -0.15) is 0 Å². The number of carbonyl (C=O) groups is 3. The third-order valence-electron chi connectivity index (χ3n) is 5.46. The summed E-state index contributed by atoms with van der Waals surface area (Å²) in [6, 6.07) is 23.0. The molecule has 39 heavy (non-hydrogen) atoms. The van der Waals surface area contributed by atoms with Gasteiger partial charge in [-0.3, -0.25) is 0 Å². The summed E-state index contributed by atoms with van der Waals surface area (Å²) < 4.78 is 31.8. The van der Waals surface area contributed by atoms with Crippen LogP contribution in [-0.4, -0.2) is 39.2 Å².